The molecule has 2 unspecified atom stereocenters. The highest BCUT2D eigenvalue weighted by Crippen LogP contribution is 2.43. The lowest BCUT2D eigenvalue weighted by Crippen LogP contribution is -2.44. The summed E-state index contributed by atoms with van der Waals surface area (Å²) in [5.41, 5.74) is -0.885. The van der Waals surface area contributed by atoms with E-state index in [0.717, 1.165) is 0 Å². The number of carbonyl (C=O) groups is 2. The van der Waals surface area contributed by atoms with Crippen LogP contribution in [0.25, 0.3) is 0 Å². The largest absolute Gasteiger partial charge is 0.465 e. The molecule has 0 radical (unpaired) electrons. The fourth-order valence-corrected chi connectivity index (χ4v) is 3.17. The van der Waals surface area contributed by atoms with E-state index < -0.39 is 26.5 Å². The minimum atomic E-state index is -1.54. The first-order chi connectivity index (χ1) is 9.47. The molecule has 7 heteroatoms. The zero-order valence-electron chi connectivity index (χ0n) is 12.7. The van der Waals surface area contributed by atoms with Crippen molar-refractivity contribution >= 4 is 58.2 Å². The monoisotopic (exact) mass is 378 g/mol. The molecule has 2 atom stereocenters. The quantitative estimate of drug-likeness (QED) is 0.341. The van der Waals surface area contributed by atoms with E-state index in [1.54, 1.807) is 20.8 Å². The number of halogens is 4. The van der Waals surface area contributed by atoms with E-state index >= 15 is 0 Å². The van der Waals surface area contributed by atoms with Crippen molar-refractivity contribution in [2.75, 3.05) is 6.61 Å². The summed E-state index contributed by atoms with van der Waals surface area (Å²) < 4.78 is 3.48. The standard InChI is InChI=1S/C14H22Cl4O3/c1-5-7-9(19)11(12(20)21-6-2)13(3,4)10(15)8-14(16,17)18/h10-11H,5-8H2,1-4H3. The Hall–Kier alpha value is 0.300. The lowest BCUT2D eigenvalue weighted by Gasteiger charge is -2.37. The molecule has 0 aliphatic heterocycles. The molecule has 0 amide bonds. The topological polar surface area (TPSA) is 43.4 Å². The van der Waals surface area contributed by atoms with Crippen molar-refractivity contribution in [3.05, 3.63) is 0 Å². The van der Waals surface area contributed by atoms with Crippen LogP contribution in [0, 0.1) is 11.3 Å². The summed E-state index contributed by atoms with van der Waals surface area (Å²) in [5.74, 6) is -1.74. The normalized spacial score (nSPS) is 15.4. The van der Waals surface area contributed by atoms with Gasteiger partial charge in [-0.25, -0.2) is 0 Å². The Bertz CT molecular complexity index is 346. The summed E-state index contributed by atoms with van der Waals surface area (Å²) in [6.07, 6.45) is 0.952. The van der Waals surface area contributed by atoms with E-state index in [4.69, 9.17) is 51.1 Å². The maximum atomic E-state index is 12.3. The van der Waals surface area contributed by atoms with Crippen LogP contribution in [0.2, 0.25) is 0 Å². The van der Waals surface area contributed by atoms with Crippen molar-refractivity contribution in [2.24, 2.45) is 11.3 Å². The third-order valence-electron chi connectivity index (χ3n) is 3.30. The van der Waals surface area contributed by atoms with Crippen LogP contribution in [0.15, 0.2) is 0 Å². The summed E-state index contributed by atoms with van der Waals surface area (Å²) in [6, 6.07) is 0. The van der Waals surface area contributed by atoms with Gasteiger partial charge in [0, 0.05) is 23.6 Å². The van der Waals surface area contributed by atoms with Crippen molar-refractivity contribution in [1.29, 1.82) is 0 Å². The average molecular weight is 380 g/mol. The molecule has 0 aromatic carbocycles. The van der Waals surface area contributed by atoms with Crippen LogP contribution in [-0.2, 0) is 14.3 Å². The van der Waals surface area contributed by atoms with Gasteiger partial charge < -0.3 is 4.74 Å². The molecule has 0 spiro atoms. The Morgan fingerprint density at radius 3 is 2.05 bits per heavy atom. The second-order valence-electron chi connectivity index (χ2n) is 5.51. The number of alkyl halides is 4. The van der Waals surface area contributed by atoms with Crippen molar-refractivity contribution in [2.45, 2.75) is 56.1 Å². The van der Waals surface area contributed by atoms with Crippen LogP contribution < -0.4 is 0 Å². The van der Waals surface area contributed by atoms with Gasteiger partial charge >= 0.3 is 5.97 Å². The van der Waals surface area contributed by atoms with Gasteiger partial charge in [-0.15, -0.1) is 11.6 Å². The van der Waals surface area contributed by atoms with Crippen LogP contribution in [0.1, 0.15) is 47.0 Å². The van der Waals surface area contributed by atoms with Gasteiger partial charge in [0.2, 0.25) is 0 Å². The molecule has 0 heterocycles. The number of Topliss-reactive ketones (excluding diaryl/α,β-unsaturated/α-hetero) is 1. The number of hydrogen-bond donors (Lipinski definition) is 0. The highest BCUT2D eigenvalue weighted by molar-refractivity contribution is 6.67. The predicted octanol–water partition coefficient (Wildman–Crippen LogP) is 4.93. The molecule has 0 saturated carbocycles. The summed E-state index contributed by atoms with van der Waals surface area (Å²) in [6.45, 7) is 7.19. The molecular weight excluding hydrogens is 358 g/mol. The summed E-state index contributed by atoms with van der Waals surface area (Å²) in [4.78, 5) is 24.5. The summed E-state index contributed by atoms with van der Waals surface area (Å²) in [7, 11) is 0. The highest BCUT2D eigenvalue weighted by Gasteiger charge is 2.47. The van der Waals surface area contributed by atoms with Crippen molar-refractivity contribution < 1.29 is 14.3 Å². The predicted molar refractivity (Wildman–Crippen MR) is 88.4 cm³/mol. The molecule has 0 fully saturated rings. The minimum Gasteiger partial charge on any atom is -0.465 e. The number of ketones is 1. The second kappa shape index (κ2) is 8.81. The number of esters is 1. The molecule has 0 aromatic rings. The van der Waals surface area contributed by atoms with Crippen LogP contribution in [0.3, 0.4) is 0 Å². The second-order valence-corrected chi connectivity index (χ2v) is 8.55. The fourth-order valence-electron chi connectivity index (χ4n) is 2.11. The van der Waals surface area contributed by atoms with Crippen LogP contribution >= 0.6 is 46.4 Å². The third-order valence-corrected chi connectivity index (χ3v) is 4.48. The van der Waals surface area contributed by atoms with Gasteiger partial charge in [0.15, 0.2) is 3.79 Å². The third kappa shape index (κ3) is 6.94. The maximum absolute atomic E-state index is 12.3. The molecule has 0 aliphatic rings. The van der Waals surface area contributed by atoms with Gasteiger partial charge in [0.1, 0.15) is 11.7 Å². The zero-order chi connectivity index (χ0) is 16.8. The smallest absolute Gasteiger partial charge is 0.317 e. The Morgan fingerprint density at radius 2 is 1.67 bits per heavy atom. The minimum absolute atomic E-state index is 0.0293. The Balaban J connectivity index is 5.36. The number of ether oxygens (including phenoxy) is 1. The van der Waals surface area contributed by atoms with Crippen LogP contribution in [0.4, 0.5) is 0 Å². The van der Waals surface area contributed by atoms with Gasteiger partial charge in [-0.05, 0) is 13.3 Å². The Labute approximate surface area is 146 Å². The molecule has 0 aromatic heterocycles. The molecular formula is C14H22Cl4O3. The molecule has 124 valence electrons. The van der Waals surface area contributed by atoms with E-state index in [1.807, 2.05) is 6.92 Å². The fraction of sp³-hybridized carbons (Fsp3) is 0.857. The highest BCUT2D eigenvalue weighted by atomic mass is 35.6. The van der Waals surface area contributed by atoms with E-state index in [0.29, 0.717) is 6.42 Å². The van der Waals surface area contributed by atoms with E-state index in [2.05, 4.69) is 0 Å². The first kappa shape index (κ1) is 21.3. The maximum Gasteiger partial charge on any atom is 0.317 e. The van der Waals surface area contributed by atoms with Crippen molar-refractivity contribution in [1.82, 2.24) is 0 Å². The van der Waals surface area contributed by atoms with Crippen LogP contribution in [-0.4, -0.2) is 27.5 Å². The molecule has 0 aliphatic carbocycles. The number of rotatable bonds is 8. The number of hydrogen-bond acceptors (Lipinski definition) is 3. The van der Waals surface area contributed by atoms with E-state index in [9.17, 15) is 9.59 Å². The SMILES string of the molecule is CCCC(=O)C(C(=O)OCC)C(C)(C)C(Cl)CC(Cl)(Cl)Cl. The Kier molecular flexibility index (Phi) is 8.93. The molecule has 0 bridgehead atoms. The lowest BCUT2D eigenvalue weighted by molar-refractivity contribution is -0.156. The summed E-state index contributed by atoms with van der Waals surface area (Å²) in [5, 5.41) is -0.666. The van der Waals surface area contributed by atoms with E-state index in [1.165, 1.54) is 0 Å². The van der Waals surface area contributed by atoms with E-state index in [-0.39, 0.29) is 25.2 Å². The van der Waals surface area contributed by atoms with Gasteiger partial charge in [-0.2, -0.15) is 0 Å². The number of carbonyl (C=O) groups excluding carboxylic acids is 2. The van der Waals surface area contributed by atoms with Gasteiger partial charge in [0.05, 0.1) is 6.61 Å². The van der Waals surface area contributed by atoms with Crippen molar-refractivity contribution in [3.63, 3.8) is 0 Å². The first-order valence-corrected chi connectivity index (χ1v) is 8.44. The molecule has 0 rings (SSSR count). The molecule has 0 saturated heterocycles. The van der Waals surface area contributed by atoms with Gasteiger partial charge in [-0.1, -0.05) is 55.6 Å². The van der Waals surface area contributed by atoms with Gasteiger partial charge in [-0.3, -0.25) is 9.59 Å². The average Bonchev–Trinajstić information content (AvgIpc) is 2.26. The van der Waals surface area contributed by atoms with Crippen molar-refractivity contribution in [3.8, 4) is 0 Å². The lowest BCUT2D eigenvalue weighted by atomic mass is 9.72. The molecule has 3 nitrogen and oxygen atoms in total. The van der Waals surface area contributed by atoms with Gasteiger partial charge in [0.25, 0.3) is 0 Å². The molecule has 21 heavy (non-hydrogen) atoms. The summed E-state index contributed by atoms with van der Waals surface area (Å²) >= 11 is 23.6. The van der Waals surface area contributed by atoms with Crippen LogP contribution in [0.5, 0.6) is 0 Å². The first-order valence-electron chi connectivity index (χ1n) is 6.87. The Morgan fingerprint density at radius 1 is 1.14 bits per heavy atom. The zero-order valence-corrected chi connectivity index (χ0v) is 15.7. The molecule has 0 N–H and O–H groups in total.